The molecular weight excluding hydrogens is 354 g/mol. The number of nitrogens with one attached hydrogen (secondary N) is 1. The van der Waals surface area contributed by atoms with Crippen molar-refractivity contribution in [3.63, 3.8) is 0 Å². The number of aromatic nitrogens is 1. The fourth-order valence-electron chi connectivity index (χ4n) is 2.28. The van der Waals surface area contributed by atoms with Gasteiger partial charge in [-0.05, 0) is 25.1 Å². The maximum Gasteiger partial charge on any atom is 0.230 e. The van der Waals surface area contributed by atoms with Gasteiger partial charge in [0.15, 0.2) is 0 Å². The van der Waals surface area contributed by atoms with E-state index < -0.39 is 0 Å². The van der Waals surface area contributed by atoms with Gasteiger partial charge in [-0.2, -0.15) is 5.26 Å². The van der Waals surface area contributed by atoms with Gasteiger partial charge >= 0.3 is 0 Å². The number of aryl methyl sites for hydroxylation is 1. The fourth-order valence-corrected chi connectivity index (χ4v) is 3.26. The third kappa shape index (κ3) is 4.24. The molecule has 0 aliphatic carbocycles. The van der Waals surface area contributed by atoms with Crippen LogP contribution in [0.3, 0.4) is 0 Å². The summed E-state index contributed by atoms with van der Waals surface area (Å²) < 4.78 is 0. The van der Waals surface area contributed by atoms with Gasteiger partial charge in [0.05, 0.1) is 22.7 Å². The molecule has 25 heavy (non-hydrogen) atoms. The number of nitrogens with zero attached hydrogens (tertiary/aromatic N) is 2. The molecule has 0 fully saturated rings. The summed E-state index contributed by atoms with van der Waals surface area (Å²) in [4.78, 5) is 16.7. The Morgan fingerprint density at radius 2 is 2.04 bits per heavy atom. The molecule has 0 aliphatic rings. The van der Waals surface area contributed by atoms with Crippen LogP contribution in [0.4, 0.5) is 5.69 Å². The van der Waals surface area contributed by atoms with E-state index in [-0.39, 0.29) is 12.3 Å². The van der Waals surface area contributed by atoms with Crippen molar-refractivity contribution in [1.82, 2.24) is 4.98 Å². The maximum atomic E-state index is 12.2. The Kier molecular flexibility index (Phi) is 5.13. The number of hydrogen-bond donors (Lipinski definition) is 1. The monoisotopic (exact) mass is 367 g/mol. The van der Waals surface area contributed by atoms with Crippen molar-refractivity contribution in [2.24, 2.45) is 0 Å². The highest BCUT2D eigenvalue weighted by molar-refractivity contribution is 7.13. The molecule has 0 radical (unpaired) electrons. The number of nitriles is 1. The number of carbonyl (C=O) groups is 1. The summed E-state index contributed by atoms with van der Waals surface area (Å²) in [7, 11) is 0. The van der Waals surface area contributed by atoms with Crippen LogP contribution < -0.4 is 5.32 Å². The summed E-state index contributed by atoms with van der Waals surface area (Å²) in [5.74, 6) is -0.188. The number of amides is 1. The van der Waals surface area contributed by atoms with E-state index in [9.17, 15) is 4.79 Å². The summed E-state index contributed by atoms with van der Waals surface area (Å²) in [6.07, 6.45) is 0.173. The Bertz CT molecular complexity index is 958. The van der Waals surface area contributed by atoms with E-state index >= 15 is 0 Å². The number of halogens is 1. The largest absolute Gasteiger partial charge is 0.326 e. The first-order chi connectivity index (χ1) is 12.0. The summed E-state index contributed by atoms with van der Waals surface area (Å²) in [5.41, 5.74) is 3.82. The molecule has 4 nitrogen and oxygen atoms in total. The van der Waals surface area contributed by atoms with Gasteiger partial charge in [0.25, 0.3) is 0 Å². The van der Waals surface area contributed by atoms with Crippen LogP contribution in [0.1, 0.15) is 16.8 Å². The topological polar surface area (TPSA) is 65.8 Å². The van der Waals surface area contributed by atoms with Crippen LogP contribution in [0.5, 0.6) is 0 Å². The molecular formula is C19H14ClN3OS. The molecule has 2 aromatic carbocycles. The fraction of sp³-hybridized carbons (Fsp3) is 0.105. The summed E-state index contributed by atoms with van der Waals surface area (Å²) in [5, 5.41) is 14.9. The van der Waals surface area contributed by atoms with Gasteiger partial charge in [0.2, 0.25) is 5.91 Å². The molecule has 1 heterocycles. The Labute approximate surface area is 154 Å². The van der Waals surface area contributed by atoms with Crippen molar-refractivity contribution in [2.75, 3.05) is 5.32 Å². The van der Waals surface area contributed by atoms with Gasteiger partial charge in [-0.1, -0.05) is 41.4 Å². The molecule has 3 aromatic rings. The molecule has 6 heteroatoms. The molecule has 1 N–H and O–H groups in total. The molecule has 0 bridgehead atoms. The minimum Gasteiger partial charge on any atom is -0.326 e. The Morgan fingerprint density at radius 3 is 2.76 bits per heavy atom. The summed E-state index contributed by atoms with van der Waals surface area (Å²) in [6, 6.07) is 14.9. The molecule has 0 spiro atoms. The van der Waals surface area contributed by atoms with Crippen LogP contribution in [0, 0.1) is 18.3 Å². The van der Waals surface area contributed by atoms with E-state index in [0.29, 0.717) is 22.0 Å². The third-order valence-corrected chi connectivity index (χ3v) is 4.83. The molecule has 1 amide bonds. The molecule has 124 valence electrons. The average Bonchev–Trinajstić information content (AvgIpc) is 3.05. The SMILES string of the molecule is Cc1ccc(-c2nc(CC(=O)Nc3ccc(Cl)c(C#N)c3)cs2)cc1. The van der Waals surface area contributed by atoms with Crippen LogP contribution in [-0.4, -0.2) is 10.9 Å². The first-order valence-corrected chi connectivity index (χ1v) is 8.82. The lowest BCUT2D eigenvalue weighted by Gasteiger charge is -2.05. The number of carbonyl (C=O) groups excluding carboxylic acids is 1. The Morgan fingerprint density at radius 1 is 1.28 bits per heavy atom. The lowest BCUT2D eigenvalue weighted by molar-refractivity contribution is -0.115. The standard InChI is InChI=1S/C19H14ClN3OS/c1-12-2-4-13(5-3-12)19-23-16(11-25-19)9-18(24)22-15-6-7-17(20)14(8-15)10-21/h2-8,11H,9H2,1H3,(H,22,24). The zero-order chi connectivity index (χ0) is 17.8. The minimum atomic E-state index is -0.188. The van der Waals surface area contributed by atoms with Crippen molar-refractivity contribution in [1.29, 1.82) is 5.26 Å². The normalized spacial score (nSPS) is 10.3. The van der Waals surface area contributed by atoms with Gasteiger partial charge in [0, 0.05) is 16.6 Å². The first kappa shape index (κ1) is 17.2. The van der Waals surface area contributed by atoms with E-state index in [2.05, 4.69) is 10.3 Å². The molecule has 0 unspecified atom stereocenters. The molecule has 0 saturated heterocycles. The number of benzene rings is 2. The maximum absolute atomic E-state index is 12.2. The Hall–Kier alpha value is -2.68. The summed E-state index contributed by atoms with van der Waals surface area (Å²) in [6.45, 7) is 2.04. The first-order valence-electron chi connectivity index (χ1n) is 7.56. The smallest absolute Gasteiger partial charge is 0.230 e. The quantitative estimate of drug-likeness (QED) is 0.718. The predicted octanol–water partition coefficient (Wildman–Crippen LogP) is 4.82. The van der Waals surface area contributed by atoms with E-state index in [1.54, 1.807) is 18.2 Å². The minimum absolute atomic E-state index is 0.173. The van der Waals surface area contributed by atoms with Crippen LogP contribution >= 0.6 is 22.9 Å². The second-order valence-corrected chi connectivity index (χ2v) is 6.81. The summed E-state index contributed by atoms with van der Waals surface area (Å²) >= 11 is 7.40. The second kappa shape index (κ2) is 7.47. The van der Waals surface area contributed by atoms with Gasteiger partial charge in [-0.15, -0.1) is 11.3 Å². The van der Waals surface area contributed by atoms with Crippen molar-refractivity contribution < 1.29 is 4.79 Å². The molecule has 1 aromatic heterocycles. The van der Waals surface area contributed by atoms with Gasteiger partial charge in [-0.3, -0.25) is 4.79 Å². The number of anilines is 1. The molecule has 0 aliphatic heterocycles. The van der Waals surface area contributed by atoms with Crippen molar-refractivity contribution in [3.8, 4) is 16.6 Å². The van der Waals surface area contributed by atoms with Crippen molar-refractivity contribution >= 4 is 34.5 Å². The highest BCUT2D eigenvalue weighted by Crippen LogP contribution is 2.24. The highest BCUT2D eigenvalue weighted by Gasteiger charge is 2.10. The van der Waals surface area contributed by atoms with E-state index in [1.807, 2.05) is 42.6 Å². The number of thiazole rings is 1. The van der Waals surface area contributed by atoms with Crippen LogP contribution in [0.25, 0.3) is 10.6 Å². The van der Waals surface area contributed by atoms with Gasteiger partial charge in [0.1, 0.15) is 11.1 Å². The predicted molar refractivity (Wildman–Crippen MR) is 101 cm³/mol. The van der Waals surface area contributed by atoms with Crippen LogP contribution in [0.2, 0.25) is 5.02 Å². The van der Waals surface area contributed by atoms with E-state index in [0.717, 1.165) is 10.6 Å². The Balaban J connectivity index is 1.68. The van der Waals surface area contributed by atoms with Crippen molar-refractivity contribution in [2.45, 2.75) is 13.3 Å². The van der Waals surface area contributed by atoms with E-state index in [1.165, 1.54) is 16.9 Å². The molecule has 0 saturated carbocycles. The molecule has 0 atom stereocenters. The van der Waals surface area contributed by atoms with Gasteiger partial charge in [-0.25, -0.2) is 4.98 Å². The van der Waals surface area contributed by atoms with E-state index in [4.69, 9.17) is 16.9 Å². The molecule has 3 rings (SSSR count). The van der Waals surface area contributed by atoms with Gasteiger partial charge < -0.3 is 5.32 Å². The zero-order valence-electron chi connectivity index (χ0n) is 13.4. The highest BCUT2D eigenvalue weighted by atomic mass is 35.5. The number of rotatable bonds is 4. The lowest BCUT2D eigenvalue weighted by atomic mass is 10.2. The van der Waals surface area contributed by atoms with Crippen LogP contribution in [0.15, 0.2) is 47.8 Å². The average molecular weight is 368 g/mol. The third-order valence-electron chi connectivity index (χ3n) is 3.56. The number of hydrogen-bond acceptors (Lipinski definition) is 4. The van der Waals surface area contributed by atoms with Crippen molar-refractivity contribution in [3.05, 3.63) is 69.7 Å². The lowest BCUT2D eigenvalue weighted by Crippen LogP contribution is -2.14. The second-order valence-electron chi connectivity index (χ2n) is 5.54. The van der Waals surface area contributed by atoms with Crippen LogP contribution in [-0.2, 0) is 11.2 Å². The zero-order valence-corrected chi connectivity index (χ0v) is 15.0.